The van der Waals surface area contributed by atoms with Crippen LogP contribution >= 0.6 is 0 Å². The molecule has 1 heterocycles. The van der Waals surface area contributed by atoms with Gasteiger partial charge in [-0.2, -0.15) is 0 Å². The summed E-state index contributed by atoms with van der Waals surface area (Å²) < 4.78 is 54.3. The van der Waals surface area contributed by atoms with E-state index in [-0.39, 0.29) is 17.6 Å². The molecule has 0 bridgehead atoms. The SMILES string of the molecule is Fc1cccc2c1CC(c1cccc(OC(F)(F)F)c1)N2. The first kappa shape index (κ1) is 13.7. The molecule has 21 heavy (non-hydrogen) atoms. The molecule has 2 aromatic rings. The number of ether oxygens (including phenoxy) is 1. The van der Waals surface area contributed by atoms with E-state index in [0.717, 1.165) is 0 Å². The Hall–Kier alpha value is -2.24. The highest BCUT2D eigenvalue weighted by Crippen LogP contribution is 2.36. The summed E-state index contributed by atoms with van der Waals surface area (Å²) in [6, 6.07) is 10.2. The molecule has 0 saturated heterocycles. The Morgan fingerprint density at radius 2 is 1.86 bits per heavy atom. The van der Waals surface area contributed by atoms with Crippen molar-refractivity contribution in [1.82, 2.24) is 0 Å². The van der Waals surface area contributed by atoms with Crippen molar-refractivity contribution < 1.29 is 22.3 Å². The van der Waals surface area contributed by atoms with E-state index in [1.165, 1.54) is 24.3 Å². The predicted molar refractivity (Wildman–Crippen MR) is 69.6 cm³/mol. The first-order chi connectivity index (χ1) is 9.92. The summed E-state index contributed by atoms with van der Waals surface area (Å²) in [6.07, 6.45) is -4.34. The maximum absolute atomic E-state index is 13.7. The quantitative estimate of drug-likeness (QED) is 0.828. The van der Waals surface area contributed by atoms with Crippen LogP contribution in [0.15, 0.2) is 42.5 Å². The molecule has 2 nitrogen and oxygen atoms in total. The molecule has 1 unspecified atom stereocenters. The predicted octanol–water partition coefficient (Wildman–Crippen LogP) is 4.43. The zero-order valence-corrected chi connectivity index (χ0v) is 10.7. The van der Waals surface area contributed by atoms with Crippen molar-refractivity contribution in [3.8, 4) is 5.75 Å². The van der Waals surface area contributed by atoms with Gasteiger partial charge < -0.3 is 10.1 Å². The molecule has 1 atom stereocenters. The Bertz CT molecular complexity index is 669. The average Bonchev–Trinajstić information content (AvgIpc) is 2.82. The minimum atomic E-state index is -4.73. The van der Waals surface area contributed by atoms with Gasteiger partial charge in [0.1, 0.15) is 11.6 Å². The summed E-state index contributed by atoms with van der Waals surface area (Å²) in [7, 11) is 0. The van der Waals surface area contributed by atoms with Crippen LogP contribution in [0.3, 0.4) is 0 Å². The summed E-state index contributed by atoms with van der Waals surface area (Å²) in [5.41, 5.74) is 1.83. The molecule has 1 aliphatic rings. The van der Waals surface area contributed by atoms with Gasteiger partial charge >= 0.3 is 6.36 Å². The first-order valence-electron chi connectivity index (χ1n) is 6.32. The number of halogens is 4. The van der Waals surface area contributed by atoms with Crippen molar-refractivity contribution in [1.29, 1.82) is 0 Å². The molecule has 0 radical (unpaired) electrons. The van der Waals surface area contributed by atoms with Crippen molar-refractivity contribution in [3.63, 3.8) is 0 Å². The van der Waals surface area contributed by atoms with E-state index in [0.29, 0.717) is 23.2 Å². The van der Waals surface area contributed by atoms with Crippen LogP contribution in [-0.4, -0.2) is 6.36 Å². The minimum absolute atomic E-state index is 0.270. The van der Waals surface area contributed by atoms with Crippen LogP contribution in [-0.2, 0) is 6.42 Å². The molecular formula is C15H11F4NO. The van der Waals surface area contributed by atoms with Crippen LogP contribution in [0.1, 0.15) is 17.2 Å². The molecule has 0 spiro atoms. The van der Waals surface area contributed by atoms with E-state index in [1.54, 1.807) is 18.2 Å². The molecule has 1 N–H and O–H groups in total. The van der Waals surface area contributed by atoms with Crippen LogP contribution in [0.5, 0.6) is 5.75 Å². The van der Waals surface area contributed by atoms with E-state index >= 15 is 0 Å². The van der Waals surface area contributed by atoms with Crippen LogP contribution in [0.4, 0.5) is 23.2 Å². The largest absolute Gasteiger partial charge is 0.573 e. The number of alkyl halides is 3. The van der Waals surface area contributed by atoms with Crippen molar-refractivity contribution in [2.75, 3.05) is 5.32 Å². The second kappa shape index (κ2) is 4.95. The number of hydrogen-bond donors (Lipinski definition) is 1. The lowest BCUT2D eigenvalue weighted by atomic mass is 10.0. The van der Waals surface area contributed by atoms with Gasteiger partial charge in [0, 0.05) is 17.7 Å². The fourth-order valence-electron chi connectivity index (χ4n) is 2.47. The van der Waals surface area contributed by atoms with Crippen molar-refractivity contribution in [2.24, 2.45) is 0 Å². The summed E-state index contributed by atoms with van der Waals surface area (Å²) >= 11 is 0. The fraction of sp³-hybridized carbons (Fsp3) is 0.200. The molecule has 3 rings (SSSR count). The Kier molecular flexibility index (Phi) is 3.23. The van der Waals surface area contributed by atoms with Gasteiger partial charge in [-0.05, 0) is 29.8 Å². The van der Waals surface area contributed by atoms with Gasteiger partial charge in [-0.3, -0.25) is 0 Å². The minimum Gasteiger partial charge on any atom is -0.406 e. The molecule has 2 aromatic carbocycles. The number of benzene rings is 2. The number of nitrogens with one attached hydrogen (secondary N) is 1. The molecule has 6 heteroatoms. The average molecular weight is 297 g/mol. The van der Waals surface area contributed by atoms with Crippen molar-refractivity contribution >= 4 is 5.69 Å². The third-order valence-corrected chi connectivity index (χ3v) is 3.35. The van der Waals surface area contributed by atoms with Crippen LogP contribution in [0.2, 0.25) is 0 Å². The molecule has 0 aliphatic carbocycles. The van der Waals surface area contributed by atoms with E-state index in [9.17, 15) is 17.6 Å². The Morgan fingerprint density at radius 3 is 2.57 bits per heavy atom. The Morgan fingerprint density at radius 1 is 1.10 bits per heavy atom. The van der Waals surface area contributed by atoms with Gasteiger partial charge in [0.25, 0.3) is 0 Å². The fourth-order valence-corrected chi connectivity index (χ4v) is 2.47. The van der Waals surface area contributed by atoms with E-state index < -0.39 is 6.36 Å². The highest BCUT2D eigenvalue weighted by atomic mass is 19.4. The maximum Gasteiger partial charge on any atom is 0.573 e. The lowest BCUT2D eigenvalue weighted by Crippen LogP contribution is -2.17. The monoisotopic (exact) mass is 297 g/mol. The maximum atomic E-state index is 13.7. The summed E-state index contributed by atoms with van der Waals surface area (Å²) in [6.45, 7) is 0. The van der Waals surface area contributed by atoms with Gasteiger partial charge in [-0.1, -0.05) is 18.2 Å². The van der Waals surface area contributed by atoms with Gasteiger partial charge in [0.15, 0.2) is 0 Å². The Balaban J connectivity index is 1.84. The van der Waals surface area contributed by atoms with E-state index in [2.05, 4.69) is 10.1 Å². The number of hydrogen-bond acceptors (Lipinski definition) is 2. The third-order valence-electron chi connectivity index (χ3n) is 3.35. The van der Waals surface area contributed by atoms with Gasteiger partial charge in [0.2, 0.25) is 0 Å². The van der Waals surface area contributed by atoms with Crippen LogP contribution in [0, 0.1) is 5.82 Å². The van der Waals surface area contributed by atoms with Crippen molar-refractivity contribution in [3.05, 3.63) is 59.4 Å². The topological polar surface area (TPSA) is 21.3 Å². The van der Waals surface area contributed by atoms with Crippen LogP contribution < -0.4 is 10.1 Å². The molecule has 0 fully saturated rings. The molecule has 1 aliphatic heterocycles. The number of rotatable bonds is 2. The molecule has 0 saturated carbocycles. The third kappa shape index (κ3) is 2.94. The lowest BCUT2D eigenvalue weighted by Gasteiger charge is -2.14. The summed E-state index contributed by atoms with van der Waals surface area (Å²) in [5, 5.41) is 3.10. The summed E-state index contributed by atoms with van der Waals surface area (Å²) in [4.78, 5) is 0. The molecule has 110 valence electrons. The number of fused-ring (bicyclic) bond motifs is 1. The second-order valence-corrected chi connectivity index (χ2v) is 4.79. The van der Waals surface area contributed by atoms with E-state index in [4.69, 9.17) is 0 Å². The zero-order chi connectivity index (χ0) is 15.0. The number of anilines is 1. The highest BCUT2D eigenvalue weighted by molar-refractivity contribution is 5.58. The van der Waals surface area contributed by atoms with Gasteiger partial charge in [-0.25, -0.2) is 4.39 Å². The smallest absolute Gasteiger partial charge is 0.406 e. The van der Waals surface area contributed by atoms with Gasteiger partial charge in [-0.15, -0.1) is 13.2 Å². The van der Waals surface area contributed by atoms with Crippen LogP contribution in [0.25, 0.3) is 0 Å². The second-order valence-electron chi connectivity index (χ2n) is 4.79. The zero-order valence-electron chi connectivity index (χ0n) is 10.7. The first-order valence-corrected chi connectivity index (χ1v) is 6.32. The normalized spacial score (nSPS) is 17.2. The lowest BCUT2D eigenvalue weighted by molar-refractivity contribution is -0.274. The highest BCUT2D eigenvalue weighted by Gasteiger charge is 2.31. The Labute approximate surface area is 118 Å². The molecule has 0 aromatic heterocycles. The molecule has 0 amide bonds. The standard InChI is InChI=1S/C15H11F4NO/c16-12-5-2-6-13-11(12)8-14(20-13)9-3-1-4-10(7-9)21-15(17,18)19/h1-7,14,20H,8H2. The molecular weight excluding hydrogens is 286 g/mol. The van der Waals surface area contributed by atoms with E-state index in [1.807, 2.05) is 0 Å². The van der Waals surface area contributed by atoms with Crippen molar-refractivity contribution in [2.45, 2.75) is 18.8 Å². The summed E-state index contributed by atoms with van der Waals surface area (Å²) in [5.74, 6) is -0.594. The van der Waals surface area contributed by atoms with Gasteiger partial charge in [0.05, 0.1) is 6.04 Å².